The second-order valence-corrected chi connectivity index (χ2v) is 5.63. The predicted molar refractivity (Wildman–Crippen MR) is 77.2 cm³/mol. The van der Waals surface area contributed by atoms with Crippen molar-refractivity contribution in [2.45, 2.75) is 26.3 Å². The first-order chi connectivity index (χ1) is 9.15. The van der Waals surface area contributed by atoms with Crippen molar-refractivity contribution in [3.63, 3.8) is 0 Å². The quantitative estimate of drug-likeness (QED) is 0.796. The first-order valence-corrected chi connectivity index (χ1v) is 7.03. The summed E-state index contributed by atoms with van der Waals surface area (Å²) in [6.07, 6.45) is 3.76. The maximum Gasteiger partial charge on any atom is 0.152 e. The topological polar surface area (TPSA) is 69.6 Å². The van der Waals surface area contributed by atoms with Crippen LogP contribution in [0.25, 0.3) is 10.2 Å². The van der Waals surface area contributed by atoms with Crippen LogP contribution in [-0.2, 0) is 6.54 Å². The van der Waals surface area contributed by atoms with Crippen molar-refractivity contribution >= 4 is 27.4 Å². The largest absolute Gasteiger partial charge is 0.383 e. The molecule has 19 heavy (non-hydrogen) atoms. The van der Waals surface area contributed by atoms with Crippen molar-refractivity contribution in [1.82, 2.24) is 19.5 Å². The first-order valence-electron chi connectivity index (χ1n) is 6.16. The van der Waals surface area contributed by atoms with Crippen LogP contribution in [0.2, 0.25) is 0 Å². The molecular weight excluding hydrogens is 258 g/mol. The molecule has 0 aliphatic carbocycles. The summed E-state index contributed by atoms with van der Waals surface area (Å²) in [5.74, 6) is 2.69. The van der Waals surface area contributed by atoms with E-state index in [1.807, 2.05) is 23.8 Å². The van der Waals surface area contributed by atoms with E-state index < -0.39 is 0 Å². The van der Waals surface area contributed by atoms with Gasteiger partial charge in [-0.05, 0) is 11.4 Å². The SMILES string of the molecule is CC(C)c1nccn1Cc1nc(N)c2ccsc2n1. The highest BCUT2D eigenvalue weighted by Gasteiger charge is 2.11. The summed E-state index contributed by atoms with van der Waals surface area (Å²) in [6, 6.07) is 1.95. The van der Waals surface area contributed by atoms with Gasteiger partial charge in [0.25, 0.3) is 0 Å². The van der Waals surface area contributed by atoms with E-state index in [0.29, 0.717) is 18.3 Å². The Morgan fingerprint density at radius 2 is 2.21 bits per heavy atom. The molecule has 3 aromatic rings. The highest BCUT2D eigenvalue weighted by Crippen LogP contribution is 2.23. The Balaban J connectivity index is 1.98. The van der Waals surface area contributed by atoms with Crippen LogP contribution in [0.15, 0.2) is 23.8 Å². The van der Waals surface area contributed by atoms with E-state index in [0.717, 1.165) is 21.9 Å². The zero-order valence-corrected chi connectivity index (χ0v) is 11.7. The predicted octanol–water partition coefficient (Wildman–Crippen LogP) is 2.64. The van der Waals surface area contributed by atoms with Gasteiger partial charge in [-0.3, -0.25) is 0 Å². The van der Waals surface area contributed by atoms with Gasteiger partial charge in [0.15, 0.2) is 5.82 Å². The van der Waals surface area contributed by atoms with E-state index in [1.54, 1.807) is 11.3 Å². The summed E-state index contributed by atoms with van der Waals surface area (Å²) in [6.45, 7) is 4.85. The van der Waals surface area contributed by atoms with Gasteiger partial charge >= 0.3 is 0 Å². The number of hydrogen-bond acceptors (Lipinski definition) is 5. The lowest BCUT2D eigenvalue weighted by molar-refractivity contribution is 0.652. The average Bonchev–Trinajstić information content (AvgIpc) is 2.97. The van der Waals surface area contributed by atoms with Gasteiger partial charge in [0.2, 0.25) is 0 Å². The number of imidazole rings is 1. The Bertz CT molecular complexity index is 713. The van der Waals surface area contributed by atoms with Gasteiger partial charge in [-0.2, -0.15) is 0 Å². The number of aromatic nitrogens is 4. The van der Waals surface area contributed by atoms with Gasteiger partial charge in [-0.25, -0.2) is 15.0 Å². The highest BCUT2D eigenvalue weighted by atomic mass is 32.1. The summed E-state index contributed by atoms with van der Waals surface area (Å²) in [5.41, 5.74) is 5.96. The fraction of sp³-hybridized carbons (Fsp3) is 0.308. The lowest BCUT2D eigenvalue weighted by atomic mass is 10.2. The van der Waals surface area contributed by atoms with Crippen molar-refractivity contribution in [3.05, 3.63) is 35.5 Å². The van der Waals surface area contributed by atoms with E-state index in [1.165, 1.54) is 0 Å². The molecule has 0 aliphatic rings. The van der Waals surface area contributed by atoms with Crippen molar-refractivity contribution in [2.75, 3.05) is 5.73 Å². The van der Waals surface area contributed by atoms with Crippen LogP contribution in [0.5, 0.6) is 0 Å². The highest BCUT2D eigenvalue weighted by molar-refractivity contribution is 7.16. The average molecular weight is 273 g/mol. The zero-order valence-electron chi connectivity index (χ0n) is 10.9. The van der Waals surface area contributed by atoms with E-state index in [4.69, 9.17) is 5.73 Å². The molecule has 3 aromatic heterocycles. The number of thiophene rings is 1. The molecular formula is C13H15N5S. The van der Waals surface area contributed by atoms with Gasteiger partial charge in [-0.15, -0.1) is 11.3 Å². The molecule has 3 heterocycles. The number of rotatable bonds is 3. The second-order valence-electron chi connectivity index (χ2n) is 4.73. The summed E-state index contributed by atoms with van der Waals surface area (Å²) < 4.78 is 2.07. The van der Waals surface area contributed by atoms with Crippen LogP contribution < -0.4 is 5.73 Å². The minimum Gasteiger partial charge on any atom is -0.383 e. The first kappa shape index (κ1) is 12.1. The fourth-order valence-electron chi connectivity index (χ4n) is 2.10. The number of anilines is 1. The lowest BCUT2D eigenvalue weighted by Gasteiger charge is -2.09. The molecule has 6 heteroatoms. The number of fused-ring (bicyclic) bond motifs is 1. The zero-order chi connectivity index (χ0) is 13.4. The van der Waals surface area contributed by atoms with Crippen molar-refractivity contribution < 1.29 is 0 Å². The number of nitrogen functional groups attached to an aromatic ring is 1. The minimum absolute atomic E-state index is 0.373. The van der Waals surface area contributed by atoms with E-state index >= 15 is 0 Å². The van der Waals surface area contributed by atoms with E-state index in [-0.39, 0.29) is 0 Å². The van der Waals surface area contributed by atoms with Gasteiger partial charge < -0.3 is 10.3 Å². The summed E-state index contributed by atoms with van der Waals surface area (Å²) >= 11 is 1.58. The maximum absolute atomic E-state index is 5.96. The molecule has 0 aromatic carbocycles. The van der Waals surface area contributed by atoms with E-state index in [2.05, 4.69) is 33.4 Å². The third kappa shape index (κ3) is 2.19. The normalized spacial score (nSPS) is 11.5. The Hall–Kier alpha value is -1.95. The number of nitrogens with two attached hydrogens (primary N) is 1. The maximum atomic E-state index is 5.96. The number of nitrogens with zero attached hydrogens (tertiary/aromatic N) is 4. The molecule has 0 aliphatic heterocycles. The van der Waals surface area contributed by atoms with Gasteiger partial charge in [0.1, 0.15) is 16.5 Å². The fourth-order valence-corrected chi connectivity index (χ4v) is 2.89. The summed E-state index contributed by atoms with van der Waals surface area (Å²) in [7, 11) is 0. The molecule has 0 spiro atoms. The van der Waals surface area contributed by atoms with Crippen LogP contribution in [0.1, 0.15) is 31.4 Å². The summed E-state index contributed by atoms with van der Waals surface area (Å²) in [5, 5.41) is 2.92. The molecule has 0 radical (unpaired) electrons. The van der Waals surface area contributed by atoms with Gasteiger partial charge in [-0.1, -0.05) is 13.8 Å². The molecule has 5 nitrogen and oxygen atoms in total. The third-order valence-electron chi connectivity index (χ3n) is 2.98. The Morgan fingerprint density at radius 1 is 1.37 bits per heavy atom. The molecule has 0 amide bonds. The lowest BCUT2D eigenvalue weighted by Crippen LogP contribution is -2.09. The van der Waals surface area contributed by atoms with Crippen LogP contribution in [0, 0.1) is 0 Å². The van der Waals surface area contributed by atoms with Crippen molar-refractivity contribution in [2.24, 2.45) is 0 Å². The Kier molecular flexibility index (Phi) is 2.94. The second kappa shape index (κ2) is 4.62. The molecule has 0 fully saturated rings. The molecule has 0 saturated heterocycles. The monoisotopic (exact) mass is 273 g/mol. The smallest absolute Gasteiger partial charge is 0.152 e. The standard InChI is InChI=1S/C13H15N5S/c1-8(2)12-15-4-5-18(12)7-10-16-11(14)9-3-6-19-13(9)17-10/h3-6,8H,7H2,1-2H3,(H2,14,16,17). The molecule has 0 bridgehead atoms. The van der Waals surface area contributed by atoms with Crippen molar-refractivity contribution in [1.29, 1.82) is 0 Å². The Morgan fingerprint density at radius 3 is 3.00 bits per heavy atom. The molecule has 0 unspecified atom stereocenters. The van der Waals surface area contributed by atoms with Crippen molar-refractivity contribution in [3.8, 4) is 0 Å². The third-order valence-corrected chi connectivity index (χ3v) is 3.78. The molecule has 2 N–H and O–H groups in total. The van der Waals surface area contributed by atoms with Crippen LogP contribution in [-0.4, -0.2) is 19.5 Å². The minimum atomic E-state index is 0.373. The van der Waals surface area contributed by atoms with Gasteiger partial charge in [0.05, 0.1) is 11.9 Å². The summed E-state index contributed by atoms with van der Waals surface area (Å²) in [4.78, 5) is 14.2. The molecule has 3 rings (SSSR count). The molecule has 98 valence electrons. The number of hydrogen-bond donors (Lipinski definition) is 1. The van der Waals surface area contributed by atoms with Crippen LogP contribution >= 0.6 is 11.3 Å². The Labute approximate surface area is 115 Å². The van der Waals surface area contributed by atoms with E-state index in [9.17, 15) is 0 Å². The van der Waals surface area contributed by atoms with Crippen LogP contribution in [0.4, 0.5) is 5.82 Å². The molecule has 0 atom stereocenters. The van der Waals surface area contributed by atoms with Crippen LogP contribution in [0.3, 0.4) is 0 Å². The molecule has 0 saturated carbocycles. The van der Waals surface area contributed by atoms with Gasteiger partial charge in [0, 0.05) is 18.3 Å².